The summed E-state index contributed by atoms with van der Waals surface area (Å²) in [5.74, 6) is 3.32. The van der Waals surface area contributed by atoms with Crippen LogP contribution in [0.25, 0.3) is 16.7 Å². The van der Waals surface area contributed by atoms with Gasteiger partial charge in [0.05, 0.1) is 24.1 Å². The molecule has 186 valence electrons. The smallest absolute Gasteiger partial charge is 0.298 e. The standard InChI is InChI=1S/C29H33N5O2/c1-3-27(35)34-13-11-29(12-14-34)9-7-21(8-10-29)15-24-6-5-22(19-32-24)26-16-25(36-4-2)20-33-28(26)23(17-30)18-31/h1,5-6,16-17,19-21H,4,7-15,30H2,2H3. The van der Waals surface area contributed by atoms with Crippen molar-refractivity contribution in [2.75, 3.05) is 19.7 Å². The fraction of sp³-hybridized carbons (Fsp3) is 0.448. The molecule has 2 aliphatic rings. The first kappa shape index (κ1) is 25.3. The molecule has 4 rings (SSSR count). The highest BCUT2D eigenvalue weighted by atomic mass is 16.5. The lowest BCUT2D eigenvalue weighted by atomic mass is 9.65. The number of hydrogen-bond acceptors (Lipinski definition) is 6. The third-order valence-electron chi connectivity index (χ3n) is 7.75. The fourth-order valence-electron chi connectivity index (χ4n) is 5.56. The molecule has 0 radical (unpaired) electrons. The molecule has 2 aromatic rings. The summed E-state index contributed by atoms with van der Waals surface area (Å²) in [7, 11) is 0. The number of nitrogens with two attached hydrogens (primary N) is 1. The largest absolute Gasteiger partial charge is 0.492 e. The molecule has 3 heterocycles. The number of rotatable bonds is 6. The van der Waals surface area contributed by atoms with Crippen molar-refractivity contribution in [1.82, 2.24) is 14.9 Å². The molecule has 36 heavy (non-hydrogen) atoms. The number of allylic oxidation sites excluding steroid dienone is 1. The highest BCUT2D eigenvalue weighted by Gasteiger charge is 2.38. The van der Waals surface area contributed by atoms with E-state index in [4.69, 9.17) is 21.9 Å². The summed E-state index contributed by atoms with van der Waals surface area (Å²) in [4.78, 5) is 22.8. The SMILES string of the molecule is C#CC(=O)N1CCC2(CCC(Cc3ccc(-c4cc(OCC)cnc4C(C#N)=CN)cn3)CC2)CC1. The third kappa shape index (κ3) is 5.52. The first-order chi connectivity index (χ1) is 17.5. The number of nitrogens with zero attached hydrogens (tertiary/aromatic N) is 4. The summed E-state index contributed by atoms with van der Waals surface area (Å²) in [6.07, 6.45) is 17.9. The second-order valence-electron chi connectivity index (χ2n) is 9.81. The van der Waals surface area contributed by atoms with Gasteiger partial charge in [-0.15, -0.1) is 6.42 Å². The number of aromatic nitrogens is 2. The molecule has 2 aromatic heterocycles. The predicted octanol–water partition coefficient (Wildman–Crippen LogP) is 4.34. The number of terminal acetylenes is 1. The molecule has 1 aliphatic heterocycles. The number of likely N-dealkylation sites (tertiary alicyclic amines) is 1. The zero-order valence-corrected chi connectivity index (χ0v) is 20.9. The fourth-order valence-corrected chi connectivity index (χ4v) is 5.56. The maximum Gasteiger partial charge on any atom is 0.298 e. The van der Waals surface area contributed by atoms with E-state index in [1.54, 1.807) is 6.20 Å². The summed E-state index contributed by atoms with van der Waals surface area (Å²) < 4.78 is 5.62. The van der Waals surface area contributed by atoms with Crippen molar-refractivity contribution in [2.45, 2.75) is 51.9 Å². The second kappa shape index (κ2) is 11.3. The van der Waals surface area contributed by atoms with Crippen LogP contribution in [0.5, 0.6) is 5.75 Å². The highest BCUT2D eigenvalue weighted by Crippen LogP contribution is 2.47. The Kier molecular flexibility index (Phi) is 7.90. The molecule has 1 saturated heterocycles. The van der Waals surface area contributed by atoms with Crippen molar-refractivity contribution in [3.63, 3.8) is 0 Å². The Morgan fingerprint density at radius 3 is 2.58 bits per heavy atom. The maximum absolute atomic E-state index is 11.8. The van der Waals surface area contributed by atoms with E-state index in [-0.39, 0.29) is 5.91 Å². The van der Waals surface area contributed by atoms with Crippen molar-refractivity contribution in [1.29, 1.82) is 5.26 Å². The van der Waals surface area contributed by atoms with Gasteiger partial charge in [-0.3, -0.25) is 14.8 Å². The minimum atomic E-state index is -0.177. The van der Waals surface area contributed by atoms with Crippen LogP contribution in [-0.4, -0.2) is 40.5 Å². The van der Waals surface area contributed by atoms with Gasteiger partial charge in [-0.25, -0.2) is 0 Å². The Hall–Kier alpha value is -3.84. The molecular formula is C29H33N5O2. The first-order valence-electron chi connectivity index (χ1n) is 12.7. The van der Waals surface area contributed by atoms with E-state index in [1.807, 2.05) is 30.2 Å². The van der Waals surface area contributed by atoms with Crippen molar-refractivity contribution < 1.29 is 9.53 Å². The van der Waals surface area contributed by atoms with Crippen molar-refractivity contribution in [2.24, 2.45) is 17.1 Å². The van der Waals surface area contributed by atoms with E-state index in [2.05, 4.69) is 23.0 Å². The number of pyridine rings is 2. The van der Waals surface area contributed by atoms with Gasteiger partial charge in [0, 0.05) is 42.3 Å². The monoisotopic (exact) mass is 483 g/mol. The van der Waals surface area contributed by atoms with Crippen molar-refractivity contribution in [3.8, 4) is 35.3 Å². The normalized spacial score (nSPS) is 17.9. The number of amides is 1. The number of piperidine rings is 1. The van der Waals surface area contributed by atoms with Gasteiger partial charge in [0.15, 0.2) is 0 Å². The van der Waals surface area contributed by atoms with Gasteiger partial charge in [0.1, 0.15) is 11.8 Å². The van der Waals surface area contributed by atoms with Crippen LogP contribution in [0, 0.1) is 35.0 Å². The Morgan fingerprint density at radius 1 is 1.25 bits per heavy atom. The number of ether oxygens (including phenoxy) is 1. The van der Waals surface area contributed by atoms with E-state index in [0.29, 0.717) is 35.0 Å². The number of carbonyl (C=O) groups is 1. The van der Waals surface area contributed by atoms with Crippen molar-refractivity contribution >= 4 is 11.5 Å². The van der Waals surface area contributed by atoms with Crippen LogP contribution in [0.3, 0.4) is 0 Å². The molecule has 0 atom stereocenters. The van der Waals surface area contributed by atoms with Crippen LogP contribution in [0.4, 0.5) is 0 Å². The molecule has 2 fully saturated rings. The summed E-state index contributed by atoms with van der Waals surface area (Å²) in [5.41, 5.74) is 9.57. The molecule has 2 N–H and O–H groups in total. The molecule has 0 unspecified atom stereocenters. The van der Waals surface area contributed by atoms with Gasteiger partial charge in [-0.2, -0.15) is 5.26 Å². The van der Waals surface area contributed by atoms with E-state index >= 15 is 0 Å². The second-order valence-corrected chi connectivity index (χ2v) is 9.81. The van der Waals surface area contributed by atoms with Gasteiger partial charge in [-0.05, 0) is 81.3 Å². The summed E-state index contributed by atoms with van der Waals surface area (Å²) in [6, 6.07) is 8.10. The van der Waals surface area contributed by atoms with E-state index in [9.17, 15) is 10.1 Å². The molecule has 1 aliphatic carbocycles. The molecule has 1 saturated carbocycles. The zero-order valence-electron chi connectivity index (χ0n) is 20.9. The molecule has 1 spiro atoms. The first-order valence-corrected chi connectivity index (χ1v) is 12.7. The topological polar surface area (TPSA) is 105 Å². The Balaban J connectivity index is 1.40. The lowest BCUT2D eigenvalue weighted by molar-refractivity contribution is -0.127. The molecule has 0 bridgehead atoms. The maximum atomic E-state index is 11.8. The summed E-state index contributed by atoms with van der Waals surface area (Å²) in [5, 5.41) is 9.48. The van der Waals surface area contributed by atoms with Gasteiger partial charge in [0.25, 0.3) is 5.91 Å². The quantitative estimate of drug-likeness (QED) is 0.484. The Bertz CT molecular complexity index is 1190. The van der Waals surface area contributed by atoms with Gasteiger partial charge in [-0.1, -0.05) is 6.07 Å². The van der Waals surface area contributed by atoms with Crippen LogP contribution in [0.1, 0.15) is 56.8 Å². The van der Waals surface area contributed by atoms with Crippen molar-refractivity contribution in [3.05, 3.63) is 48.2 Å². The number of carbonyl (C=O) groups excluding carboxylic acids is 1. The van der Waals surface area contributed by atoms with Crippen LogP contribution in [0.2, 0.25) is 0 Å². The molecule has 1 amide bonds. The lowest BCUT2D eigenvalue weighted by Gasteiger charge is -2.45. The van der Waals surface area contributed by atoms with Gasteiger partial charge >= 0.3 is 0 Å². The molecular weight excluding hydrogens is 450 g/mol. The van der Waals surface area contributed by atoms with Crippen LogP contribution < -0.4 is 10.5 Å². The van der Waals surface area contributed by atoms with Crippen LogP contribution in [-0.2, 0) is 11.2 Å². The number of hydrogen-bond donors (Lipinski definition) is 1. The van der Waals surface area contributed by atoms with E-state index in [0.717, 1.165) is 49.2 Å². The minimum absolute atomic E-state index is 0.177. The molecule has 0 aromatic carbocycles. The average molecular weight is 484 g/mol. The Morgan fingerprint density at radius 2 is 2.00 bits per heavy atom. The zero-order chi connectivity index (χ0) is 25.5. The average Bonchev–Trinajstić information content (AvgIpc) is 2.92. The van der Waals surface area contributed by atoms with E-state index < -0.39 is 0 Å². The van der Waals surface area contributed by atoms with Crippen LogP contribution >= 0.6 is 0 Å². The third-order valence-corrected chi connectivity index (χ3v) is 7.75. The summed E-state index contributed by atoms with van der Waals surface area (Å²) >= 11 is 0. The van der Waals surface area contributed by atoms with Gasteiger partial charge < -0.3 is 15.4 Å². The Labute approximate surface area is 213 Å². The van der Waals surface area contributed by atoms with E-state index in [1.165, 1.54) is 31.9 Å². The molecule has 7 heteroatoms. The van der Waals surface area contributed by atoms with Crippen LogP contribution in [0.15, 0.2) is 36.8 Å². The molecule has 7 nitrogen and oxygen atoms in total. The summed E-state index contributed by atoms with van der Waals surface area (Å²) in [6.45, 7) is 4.01. The predicted molar refractivity (Wildman–Crippen MR) is 139 cm³/mol. The highest BCUT2D eigenvalue weighted by molar-refractivity contribution is 5.92. The number of nitriles is 1. The van der Waals surface area contributed by atoms with Gasteiger partial charge in [0.2, 0.25) is 0 Å². The minimum Gasteiger partial charge on any atom is -0.492 e. The lowest BCUT2D eigenvalue weighted by Crippen LogP contribution is -2.44.